The first kappa shape index (κ1) is 15.4. The number of carbonyl (C=O) groups is 1. The molecule has 0 spiro atoms. The van der Waals surface area contributed by atoms with E-state index in [1.54, 1.807) is 12.1 Å². The van der Waals surface area contributed by atoms with Crippen LogP contribution in [-0.4, -0.2) is 5.78 Å². The number of rotatable bonds is 5. The maximum Gasteiger partial charge on any atom is 0.198 e. The smallest absolute Gasteiger partial charge is 0.198 e. The average molecular weight is 288 g/mol. The molecule has 1 nitrogen and oxygen atoms in total. The van der Waals surface area contributed by atoms with Crippen molar-refractivity contribution in [3.8, 4) is 0 Å². The van der Waals surface area contributed by atoms with Gasteiger partial charge in [-0.1, -0.05) is 43.7 Å². The van der Waals surface area contributed by atoms with Gasteiger partial charge in [0.1, 0.15) is 11.6 Å². The quantitative estimate of drug-likeness (QED) is 0.719. The largest absolute Gasteiger partial charge is 0.288 e. The van der Waals surface area contributed by atoms with E-state index in [9.17, 15) is 13.6 Å². The fraction of sp³-hybridized carbons (Fsp3) is 0.278. The summed E-state index contributed by atoms with van der Waals surface area (Å²) in [6.45, 7) is 3.63. The minimum atomic E-state index is -0.821. The van der Waals surface area contributed by atoms with Gasteiger partial charge in [0.2, 0.25) is 0 Å². The maximum atomic E-state index is 14.0. The van der Waals surface area contributed by atoms with E-state index in [4.69, 9.17) is 0 Å². The SMILES string of the molecule is CCCCc1ccc(C(=O)c2c(F)ccc(C)c2F)cc1. The van der Waals surface area contributed by atoms with Gasteiger partial charge in [0, 0.05) is 5.56 Å². The van der Waals surface area contributed by atoms with Crippen molar-refractivity contribution in [2.45, 2.75) is 33.1 Å². The van der Waals surface area contributed by atoms with E-state index in [2.05, 4.69) is 6.92 Å². The molecule has 0 aliphatic rings. The summed E-state index contributed by atoms with van der Waals surface area (Å²) >= 11 is 0. The first-order valence-electron chi connectivity index (χ1n) is 7.12. The summed E-state index contributed by atoms with van der Waals surface area (Å²) in [5.74, 6) is -2.22. The van der Waals surface area contributed by atoms with Gasteiger partial charge in [-0.25, -0.2) is 8.78 Å². The zero-order valence-electron chi connectivity index (χ0n) is 12.2. The summed E-state index contributed by atoms with van der Waals surface area (Å²) in [5.41, 5.74) is 1.22. The van der Waals surface area contributed by atoms with Gasteiger partial charge in [-0.3, -0.25) is 4.79 Å². The Hall–Kier alpha value is -2.03. The molecule has 0 aliphatic carbocycles. The van der Waals surface area contributed by atoms with E-state index in [0.717, 1.165) is 30.9 Å². The number of hydrogen-bond donors (Lipinski definition) is 0. The van der Waals surface area contributed by atoms with Gasteiger partial charge >= 0.3 is 0 Å². The predicted molar refractivity (Wildman–Crippen MR) is 79.6 cm³/mol. The van der Waals surface area contributed by atoms with Crippen molar-refractivity contribution in [2.75, 3.05) is 0 Å². The highest BCUT2D eigenvalue weighted by atomic mass is 19.1. The molecule has 0 fully saturated rings. The summed E-state index contributed by atoms with van der Waals surface area (Å²) < 4.78 is 27.7. The van der Waals surface area contributed by atoms with Crippen molar-refractivity contribution in [1.29, 1.82) is 0 Å². The van der Waals surface area contributed by atoms with Crippen LogP contribution in [0.25, 0.3) is 0 Å². The van der Waals surface area contributed by atoms with Crippen LogP contribution < -0.4 is 0 Å². The monoisotopic (exact) mass is 288 g/mol. The fourth-order valence-corrected chi connectivity index (χ4v) is 2.21. The molecule has 2 aromatic rings. The highest BCUT2D eigenvalue weighted by Gasteiger charge is 2.20. The molecule has 0 saturated heterocycles. The molecule has 2 rings (SSSR count). The number of unbranched alkanes of at least 4 members (excludes halogenated alkanes) is 1. The number of hydrogen-bond acceptors (Lipinski definition) is 1. The minimum Gasteiger partial charge on any atom is -0.288 e. The molecular weight excluding hydrogens is 270 g/mol. The second-order valence-electron chi connectivity index (χ2n) is 5.18. The first-order chi connectivity index (χ1) is 10.0. The van der Waals surface area contributed by atoms with Gasteiger partial charge in [-0.05, 0) is 37.0 Å². The van der Waals surface area contributed by atoms with Crippen molar-refractivity contribution < 1.29 is 13.6 Å². The van der Waals surface area contributed by atoms with Crippen molar-refractivity contribution in [3.63, 3.8) is 0 Å². The van der Waals surface area contributed by atoms with Crippen LogP contribution in [0.5, 0.6) is 0 Å². The Labute approximate surface area is 123 Å². The third-order valence-corrected chi connectivity index (χ3v) is 3.55. The third-order valence-electron chi connectivity index (χ3n) is 3.55. The Morgan fingerprint density at radius 1 is 1.05 bits per heavy atom. The second-order valence-corrected chi connectivity index (χ2v) is 5.18. The van der Waals surface area contributed by atoms with Gasteiger partial charge < -0.3 is 0 Å². The van der Waals surface area contributed by atoms with E-state index < -0.39 is 23.0 Å². The zero-order chi connectivity index (χ0) is 15.4. The average Bonchev–Trinajstić information content (AvgIpc) is 2.49. The standard InChI is InChI=1S/C18H18F2O/c1-3-4-5-13-7-9-14(10-8-13)18(21)16-15(19)11-6-12(2)17(16)20/h6-11H,3-5H2,1-2H3. The highest BCUT2D eigenvalue weighted by molar-refractivity contribution is 6.09. The van der Waals surface area contributed by atoms with Crippen molar-refractivity contribution in [2.24, 2.45) is 0 Å². The van der Waals surface area contributed by atoms with Crippen LogP contribution in [0, 0.1) is 18.6 Å². The molecule has 0 bridgehead atoms. The first-order valence-corrected chi connectivity index (χ1v) is 7.12. The van der Waals surface area contributed by atoms with Gasteiger partial charge in [-0.2, -0.15) is 0 Å². The second kappa shape index (κ2) is 6.61. The molecule has 3 heteroatoms. The molecule has 110 valence electrons. The molecule has 0 N–H and O–H groups in total. The van der Waals surface area contributed by atoms with E-state index in [-0.39, 0.29) is 5.56 Å². The van der Waals surface area contributed by atoms with Crippen LogP contribution >= 0.6 is 0 Å². The number of ketones is 1. The molecule has 0 amide bonds. The molecule has 0 atom stereocenters. The molecule has 0 aliphatic heterocycles. The molecular formula is C18H18F2O. The lowest BCUT2D eigenvalue weighted by Gasteiger charge is -2.07. The Bertz CT molecular complexity index is 645. The summed E-state index contributed by atoms with van der Waals surface area (Å²) in [6.07, 6.45) is 3.12. The van der Waals surface area contributed by atoms with E-state index >= 15 is 0 Å². The van der Waals surface area contributed by atoms with Crippen LogP contribution in [0.2, 0.25) is 0 Å². The molecule has 21 heavy (non-hydrogen) atoms. The normalized spacial score (nSPS) is 10.7. The van der Waals surface area contributed by atoms with Crippen LogP contribution in [0.1, 0.15) is 46.8 Å². The Morgan fingerprint density at radius 2 is 1.71 bits per heavy atom. The van der Waals surface area contributed by atoms with Crippen molar-refractivity contribution >= 4 is 5.78 Å². The van der Waals surface area contributed by atoms with Gasteiger partial charge in [0.15, 0.2) is 5.78 Å². The van der Waals surface area contributed by atoms with E-state index in [1.807, 2.05) is 12.1 Å². The van der Waals surface area contributed by atoms with E-state index in [1.165, 1.54) is 13.0 Å². The number of halogens is 2. The molecule has 0 saturated carbocycles. The third kappa shape index (κ3) is 3.35. The number of aryl methyl sites for hydroxylation is 2. The predicted octanol–water partition coefficient (Wildman–Crippen LogP) is 4.85. The molecule has 0 radical (unpaired) electrons. The van der Waals surface area contributed by atoms with Gasteiger partial charge in [0.05, 0.1) is 5.56 Å². The van der Waals surface area contributed by atoms with Gasteiger partial charge in [0.25, 0.3) is 0 Å². The van der Waals surface area contributed by atoms with Crippen LogP contribution in [-0.2, 0) is 6.42 Å². The molecule has 2 aromatic carbocycles. The lowest BCUT2D eigenvalue weighted by atomic mass is 9.98. The summed E-state index contributed by atoms with van der Waals surface area (Å²) in [7, 11) is 0. The van der Waals surface area contributed by atoms with Crippen LogP contribution in [0.15, 0.2) is 36.4 Å². The summed E-state index contributed by atoms with van der Waals surface area (Å²) in [4.78, 5) is 12.3. The van der Waals surface area contributed by atoms with Crippen LogP contribution in [0.3, 0.4) is 0 Å². The minimum absolute atomic E-state index is 0.263. The summed E-state index contributed by atoms with van der Waals surface area (Å²) in [6, 6.07) is 9.41. The van der Waals surface area contributed by atoms with Crippen molar-refractivity contribution in [3.05, 3.63) is 70.3 Å². The summed E-state index contributed by atoms with van der Waals surface area (Å²) in [5, 5.41) is 0. The fourth-order valence-electron chi connectivity index (χ4n) is 2.21. The Morgan fingerprint density at radius 3 is 2.33 bits per heavy atom. The maximum absolute atomic E-state index is 14.0. The zero-order valence-corrected chi connectivity index (χ0v) is 12.2. The van der Waals surface area contributed by atoms with Gasteiger partial charge in [-0.15, -0.1) is 0 Å². The highest BCUT2D eigenvalue weighted by Crippen LogP contribution is 2.20. The molecule has 0 aromatic heterocycles. The Kier molecular flexibility index (Phi) is 4.84. The number of carbonyl (C=O) groups excluding carboxylic acids is 1. The van der Waals surface area contributed by atoms with E-state index in [0.29, 0.717) is 5.56 Å². The number of benzene rings is 2. The van der Waals surface area contributed by atoms with Crippen molar-refractivity contribution in [1.82, 2.24) is 0 Å². The lowest BCUT2D eigenvalue weighted by molar-refractivity contribution is 0.103. The topological polar surface area (TPSA) is 17.1 Å². The lowest BCUT2D eigenvalue weighted by Crippen LogP contribution is -2.09. The Balaban J connectivity index is 2.30. The van der Waals surface area contributed by atoms with Crippen LogP contribution in [0.4, 0.5) is 8.78 Å². The molecule has 0 heterocycles. The molecule has 0 unspecified atom stereocenters.